The summed E-state index contributed by atoms with van der Waals surface area (Å²) in [6, 6.07) is 0. The summed E-state index contributed by atoms with van der Waals surface area (Å²) in [4.78, 5) is 8.04. The molecule has 0 aromatic carbocycles. The molecule has 0 saturated carbocycles. The normalized spacial score (nSPS) is 10.1. The Balaban J connectivity index is 2.15. The van der Waals surface area contributed by atoms with E-state index >= 15 is 0 Å². The van der Waals surface area contributed by atoms with Crippen LogP contribution < -0.4 is 5.32 Å². The van der Waals surface area contributed by atoms with Crippen molar-refractivity contribution in [3.63, 3.8) is 0 Å². The van der Waals surface area contributed by atoms with Crippen molar-refractivity contribution in [1.29, 1.82) is 0 Å². The molecule has 0 bridgehead atoms. The van der Waals surface area contributed by atoms with E-state index in [1.165, 1.54) is 0 Å². The highest BCUT2D eigenvalue weighted by molar-refractivity contribution is 9.10. The first-order chi connectivity index (χ1) is 6.83. The SMILES string of the molecule is OCCOCCNc1ncc(Br)cn1. The first-order valence-electron chi connectivity index (χ1n) is 4.23. The summed E-state index contributed by atoms with van der Waals surface area (Å²) in [5.74, 6) is 0.570. The average Bonchev–Trinajstić information content (AvgIpc) is 2.21. The van der Waals surface area contributed by atoms with E-state index in [0.29, 0.717) is 25.7 Å². The van der Waals surface area contributed by atoms with Crippen LogP contribution in [-0.4, -0.2) is 41.4 Å². The second-order valence-electron chi connectivity index (χ2n) is 2.49. The van der Waals surface area contributed by atoms with Crippen LogP contribution in [0.2, 0.25) is 0 Å². The number of halogens is 1. The lowest BCUT2D eigenvalue weighted by Crippen LogP contribution is -2.12. The highest BCUT2D eigenvalue weighted by Crippen LogP contribution is 2.06. The van der Waals surface area contributed by atoms with Gasteiger partial charge in [-0.1, -0.05) is 0 Å². The molecule has 1 aromatic heterocycles. The van der Waals surface area contributed by atoms with Gasteiger partial charge in [-0.15, -0.1) is 0 Å². The molecule has 1 aromatic rings. The molecule has 0 aliphatic carbocycles. The molecule has 1 heterocycles. The Morgan fingerprint density at radius 3 is 2.71 bits per heavy atom. The van der Waals surface area contributed by atoms with E-state index in [0.717, 1.165) is 4.47 Å². The molecule has 0 saturated heterocycles. The second kappa shape index (κ2) is 6.69. The molecule has 78 valence electrons. The van der Waals surface area contributed by atoms with Crippen molar-refractivity contribution in [2.45, 2.75) is 0 Å². The number of aromatic nitrogens is 2. The lowest BCUT2D eigenvalue weighted by atomic mass is 10.6. The van der Waals surface area contributed by atoms with Crippen molar-refractivity contribution in [1.82, 2.24) is 9.97 Å². The fourth-order valence-corrected chi connectivity index (χ4v) is 1.01. The molecule has 0 aliphatic rings. The number of rotatable bonds is 6. The monoisotopic (exact) mass is 261 g/mol. The molecular formula is C8H12BrN3O2. The summed E-state index contributed by atoms with van der Waals surface area (Å²) in [7, 11) is 0. The predicted octanol–water partition coefficient (Wildman–Crippen LogP) is 0.660. The number of anilines is 1. The van der Waals surface area contributed by atoms with E-state index in [4.69, 9.17) is 9.84 Å². The van der Waals surface area contributed by atoms with Crippen molar-refractivity contribution in [3.8, 4) is 0 Å². The number of hydrogen-bond acceptors (Lipinski definition) is 5. The van der Waals surface area contributed by atoms with Gasteiger partial charge in [0.1, 0.15) is 0 Å². The Bertz CT molecular complexity index is 255. The molecule has 0 fully saturated rings. The maximum Gasteiger partial charge on any atom is 0.222 e. The number of hydrogen-bond donors (Lipinski definition) is 2. The molecule has 6 heteroatoms. The van der Waals surface area contributed by atoms with Crippen molar-refractivity contribution in [2.75, 3.05) is 31.7 Å². The van der Waals surface area contributed by atoms with E-state index in [9.17, 15) is 0 Å². The Kier molecular flexibility index (Phi) is 5.43. The first kappa shape index (κ1) is 11.4. The largest absolute Gasteiger partial charge is 0.394 e. The molecule has 1 rings (SSSR count). The summed E-state index contributed by atoms with van der Waals surface area (Å²) in [5, 5.41) is 11.4. The van der Waals surface area contributed by atoms with Gasteiger partial charge in [0.05, 0.1) is 24.3 Å². The molecule has 0 atom stereocenters. The molecule has 0 aliphatic heterocycles. The Morgan fingerprint density at radius 2 is 2.07 bits per heavy atom. The zero-order valence-electron chi connectivity index (χ0n) is 7.61. The van der Waals surface area contributed by atoms with E-state index < -0.39 is 0 Å². The summed E-state index contributed by atoms with van der Waals surface area (Å²) >= 11 is 3.24. The van der Waals surface area contributed by atoms with Gasteiger partial charge in [-0.25, -0.2) is 9.97 Å². The van der Waals surface area contributed by atoms with Crippen LogP contribution in [0.15, 0.2) is 16.9 Å². The van der Waals surface area contributed by atoms with Gasteiger partial charge in [-0.3, -0.25) is 0 Å². The number of ether oxygens (including phenoxy) is 1. The van der Waals surface area contributed by atoms with Gasteiger partial charge >= 0.3 is 0 Å². The molecule has 0 unspecified atom stereocenters. The smallest absolute Gasteiger partial charge is 0.222 e. The van der Waals surface area contributed by atoms with Crippen LogP contribution in [0.3, 0.4) is 0 Å². The molecule has 5 nitrogen and oxygen atoms in total. The summed E-state index contributed by atoms with van der Waals surface area (Å²) in [5.41, 5.74) is 0. The third kappa shape index (κ3) is 4.50. The van der Waals surface area contributed by atoms with Gasteiger partial charge in [-0.05, 0) is 15.9 Å². The quantitative estimate of drug-likeness (QED) is 0.737. The third-order valence-electron chi connectivity index (χ3n) is 1.39. The van der Waals surface area contributed by atoms with Gasteiger partial charge in [0.25, 0.3) is 0 Å². The molecule has 0 spiro atoms. The number of aliphatic hydroxyl groups excluding tert-OH is 1. The van der Waals surface area contributed by atoms with Crippen LogP contribution in [0.25, 0.3) is 0 Å². The summed E-state index contributed by atoms with van der Waals surface area (Å²) < 4.78 is 5.90. The lowest BCUT2D eigenvalue weighted by Gasteiger charge is -2.04. The van der Waals surface area contributed by atoms with Crippen molar-refractivity contribution >= 4 is 21.9 Å². The Hall–Kier alpha value is -0.720. The van der Waals surface area contributed by atoms with Gasteiger partial charge in [0.15, 0.2) is 0 Å². The van der Waals surface area contributed by atoms with E-state index in [2.05, 4.69) is 31.2 Å². The van der Waals surface area contributed by atoms with Gasteiger partial charge in [0, 0.05) is 18.9 Å². The maximum absolute atomic E-state index is 8.44. The molecule has 0 amide bonds. The van der Waals surface area contributed by atoms with Crippen molar-refractivity contribution < 1.29 is 9.84 Å². The minimum absolute atomic E-state index is 0.0504. The first-order valence-corrected chi connectivity index (χ1v) is 5.02. The zero-order chi connectivity index (χ0) is 10.2. The highest BCUT2D eigenvalue weighted by Gasteiger charge is 1.94. The van der Waals surface area contributed by atoms with Gasteiger partial charge < -0.3 is 15.2 Å². The Labute approximate surface area is 90.7 Å². The topological polar surface area (TPSA) is 67.3 Å². The molecular weight excluding hydrogens is 250 g/mol. The van der Waals surface area contributed by atoms with Crippen LogP contribution in [0.5, 0.6) is 0 Å². The minimum atomic E-state index is 0.0504. The van der Waals surface area contributed by atoms with Crippen LogP contribution in [0.4, 0.5) is 5.95 Å². The summed E-state index contributed by atoms with van der Waals surface area (Å²) in [6.07, 6.45) is 3.34. The lowest BCUT2D eigenvalue weighted by molar-refractivity contribution is 0.0991. The summed E-state index contributed by atoms with van der Waals surface area (Å²) in [6.45, 7) is 1.57. The van der Waals surface area contributed by atoms with E-state index in [1.807, 2.05) is 0 Å². The van der Waals surface area contributed by atoms with Crippen molar-refractivity contribution in [2.24, 2.45) is 0 Å². The van der Waals surface area contributed by atoms with Crippen LogP contribution in [0.1, 0.15) is 0 Å². The Morgan fingerprint density at radius 1 is 1.36 bits per heavy atom. The second-order valence-corrected chi connectivity index (χ2v) is 3.40. The standard InChI is InChI=1S/C8H12BrN3O2/c9-7-5-11-8(12-6-7)10-1-3-14-4-2-13/h5-6,13H,1-4H2,(H,10,11,12). The van der Waals surface area contributed by atoms with Crippen LogP contribution >= 0.6 is 15.9 Å². The molecule has 14 heavy (non-hydrogen) atoms. The number of aliphatic hydroxyl groups is 1. The number of nitrogens with one attached hydrogen (secondary N) is 1. The van der Waals surface area contributed by atoms with Crippen molar-refractivity contribution in [3.05, 3.63) is 16.9 Å². The fraction of sp³-hybridized carbons (Fsp3) is 0.500. The fourth-order valence-electron chi connectivity index (χ4n) is 0.805. The minimum Gasteiger partial charge on any atom is -0.394 e. The molecule has 2 N–H and O–H groups in total. The highest BCUT2D eigenvalue weighted by atomic mass is 79.9. The van der Waals surface area contributed by atoms with Gasteiger partial charge in [0.2, 0.25) is 5.95 Å². The van der Waals surface area contributed by atoms with E-state index in [1.54, 1.807) is 12.4 Å². The third-order valence-corrected chi connectivity index (χ3v) is 1.79. The van der Waals surface area contributed by atoms with Gasteiger partial charge in [-0.2, -0.15) is 0 Å². The van der Waals surface area contributed by atoms with Crippen LogP contribution in [-0.2, 0) is 4.74 Å². The predicted molar refractivity (Wildman–Crippen MR) is 56.1 cm³/mol. The molecule has 0 radical (unpaired) electrons. The maximum atomic E-state index is 8.44. The zero-order valence-corrected chi connectivity index (χ0v) is 9.20. The number of nitrogens with zero attached hydrogens (tertiary/aromatic N) is 2. The van der Waals surface area contributed by atoms with E-state index in [-0.39, 0.29) is 6.61 Å². The van der Waals surface area contributed by atoms with Crippen LogP contribution in [0, 0.1) is 0 Å². The average molecular weight is 262 g/mol.